The first-order chi connectivity index (χ1) is 41.8. The van der Waals surface area contributed by atoms with Crippen LogP contribution in [-0.4, -0.2) is 54.6 Å². The molecule has 0 aliphatic carbocycles. The van der Waals surface area contributed by atoms with Crippen LogP contribution in [0.25, 0.3) is 0 Å². The van der Waals surface area contributed by atoms with Gasteiger partial charge in [0.15, 0.2) is 0 Å². The lowest BCUT2D eigenvalue weighted by Gasteiger charge is -2.07. The van der Waals surface area contributed by atoms with Gasteiger partial charge in [-0.25, -0.2) is 0 Å². The number of aromatic nitrogens is 3. The monoisotopic (exact) mass is 1160 g/mol. The van der Waals surface area contributed by atoms with Crippen molar-refractivity contribution in [2.24, 2.45) is 0 Å². The van der Waals surface area contributed by atoms with E-state index in [0.717, 1.165) is 112 Å². The van der Waals surface area contributed by atoms with E-state index in [9.17, 15) is 0 Å². The summed E-state index contributed by atoms with van der Waals surface area (Å²) in [6.07, 6.45) is 67.6. The van der Waals surface area contributed by atoms with Gasteiger partial charge in [-0.15, -0.1) is 0 Å². The smallest absolute Gasteiger partial charge is 0.0887 e. The first-order valence-electron chi connectivity index (χ1n) is 35.1. The van der Waals surface area contributed by atoms with Crippen molar-refractivity contribution in [1.82, 2.24) is 15.0 Å². The maximum atomic E-state index is 5.99. The number of rotatable bonds is 0. The largest absolute Gasteiger partial charge is 0.375 e. The zero-order chi connectivity index (χ0) is 58.6. The minimum absolute atomic E-state index is 0.584. The van der Waals surface area contributed by atoms with E-state index in [1.54, 1.807) is 0 Å². The fourth-order valence-corrected chi connectivity index (χ4v) is 10.9. The zero-order valence-electron chi connectivity index (χ0n) is 53.6. The summed E-state index contributed by atoms with van der Waals surface area (Å²) in [4.78, 5) is 14.4. The number of pyridine rings is 3. The zero-order valence-corrected chi connectivity index (χ0v) is 53.6. The van der Waals surface area contributed by atoms with Crippen molar-refractivity contribution in [1.29, 1.82) is 0 Å². The fraction of sp³-hybridized carbons (Fsp3) is 0.720. The van der Waals surface area contributed by atoms with Gasteiger partial charge in [-0.3, -0.25) is 15.0 Å². The topological polar surface area (TPSA) is 94.1 Å². The SMILES string of the molecule is C1=CCCCCCCCCOCc2cccc(n2)COCCCCCCCCC=CCCCCCCCCOCc2cccc(n2)COCCCCCCCCC=CCCCCCCCCOCc2cccc(n2)COCCCCCCCC1. The highest BCUT2D eigenvalue weighted by atomic mass is 16.5. The van der Waals surface area contributed by atoms with Crippen LogP contribution in [0.2, 0.25) is 0 Å². The lowest BCUT2D eigenvalue weighted by Crippen LogP contribution is -2.02. The highest BCUT2D eigenvalue weighted by molar-refractivity contribution is 5.11. The van der Waals surface area contributed by atoms with Gasteiger partial charge < -0.3 is 28.4 Å². The number of hydrogen-bond acceptors (Lipinski definition) is 9. The van der Waals surface area contributed by atoms with E-state index in [1.807, 2.05) is 0 Å². The van der Waals surface area contributed by atoms with E-state index in [0.29, 0.717) is 39.6 Å². The van der Waals surface area contributed by atoms with Gasteiger partial charge in [-0.2, -0.15) is 0 Å². The molecule has 0 amide bonds. The molecule has 0 spiro atoms. The van der Waals surface area contributed by atoms with Crippen molar-refractivity contribution in [3.63, 3.8) is 0 Å². The van der Waals surface area contributed by atoms with Gasteiger partial charge in [-0.05, 0) is 152 Å². The summed E-state index contributed by atoms with van der Waals surface area (Å²) < 4.78 is 36.0. The van der Waals surface area contributed by atoms with Crippen molar-refractivity contribution in [3.05, 3.63) is 125 Å². The van der Waals surface area contributed by atoms with E-state index in [4.69, 9.17) is 43.4 Å². The minimum atomic E-state index is 0.584. The van der Waals surface area contributed by atoms with Crippen molar-refractivity contribution in [2.75, 3.05) is 39.6 Å². The van der Waals surface area contributed by atoms with Crippen molar-refractivity contribution in [2.45, 2.75) is 309 Å². The first kappa shape index (κ1) is 72.9. The average molecular weight is 1160 g/mol. The Hall–Kier alpha value is -3.57. The van der Waals surface area contributed by atoms with Crippen molar-refractivity contribution < 1.29 is 28.4 Å². The third-order valence-corrected chi connectivity index (χ3v) is 16.0. The molecule has 474 valence electrons. The van der Waals surface area contributed by atoms with Gasteiger partial charge >= 0.3 is 0 Å². The highest BCUT2D eigenvalue weighted by Gasteiger charge is 2.05. The van der Waals surface area contributed by atoms with Crippen LogP contribution in [-0.2, 0) is 68.1 Å². The maximum absolute atomic E-state index is 5.99. The van der Waals surface area contributed by atoms with Gasteiger partial charge in [-0.1, -0.05) is 209 Å². The van der Waals surface area contributed by atoms with Crippen LogP contribution < -0.4 is 0 Å². The lowest BCUT2D eigenvalue weighted by molar-refractivity contribution is 0.108. The third-order valence-electron chi connectivity index (χ3n) is 16.0. The molecule has 9 heteroatoms. The van der Waals surface area contributed by atoms with Gasteiger partial charge in [0, 0.05) is 39.6 Å². The standard InChI is InChI=1S/C75H123N3O6/c1-2-8-14-20-26-32-38-44-59-80-65-71-53-50-55-73(77-71)67-82-61-46-40-34-28-22-16-10-5-6-12-18-24-30-36-42-48-63-84-69-75-57-51-56-74(78-75)68-83-62-47-41-35-29-23-17-11-4-3-9-15-21-27-33-39-45-60-81-66-72-54-49-52-70(76-72)64-79-58-43-37-31-25-19-13-7-1/h1-6,49-57H,7-48,58-69H2. The van der Waals surface area contributed by atoms with E-state index >= 15 is 0 Å². The third kappa shape index (κ3) is 45.7. The number of fused-ring (bicyclic) bond motifs is 6. The molecule has 6 bridgehead atoms. The quantitative estimate of drug-likeness (QED) is 0.204. The molecular formula is C75H123N3O6. The predicted octanol–water partition coefficient (Wildman–Crippen LogP) is 21.4. The molecule has 3 aromatic rings. The molecule has 1 aliphatic heterocycles. The molecule has 0 aromatic carbocycles. The molecule has 0 fully saturated rings. The summed E-state index contributed by atoms with van der Waals surface area (Å²) in [6, 6.07) is 18.7. The summed E-state index contributed by atoms with van der Waals surface area (Å²) in [6.45, 7) is 8.37. The summed E-state index contributed by atoms with van der Waals surface area (Å²) >= 11 is 0. The summed E-state index contributed by atoms with van der Waals surface area (Å²) in [5, 5.41) is 0. The Morgan fingerprint density at radius 1 is 0.179 bits per heavy atom. The molecule has 0 saturated carbocycles. The molecule has 3 aromatic heterocycles. The maximum Gasteiger partial charge on any atom is 0.0887 e. The van der Waals surface area contributed by atoms with Gasteiger partial charge in [0.25, 0.3) is 0 Å². The Bertz CT molecular complexity index is 1640. The second-order valence-electron chi connectivity index (χ2n) is 24.1. The van der Waals surface area contributed by atoms with E-state index in [1.165, 1.54) is 231 Å². The fourth-order valence-electron chi connectivity index (χ4n) is 10.9. The van der Waals surface area contributed by atoms with Gasteiger partial charge in [0.05, 0.1) is 73.8 Å². The van der Waals surface area contributed by atoms with Crippen molar-refractivity contribution >= 4 is 0 Å². The second kappa shape index (κ2) is 57.2. The van der Waals surface area contributed by atoms with E-state index in [2.05, 4.69) is 91.1 Å². The van der Waals surface area contributed by atoms with E-state index < -0.39 is 0 Å². The Morgan fingerprint density at radius 3 is 0.488 bits per heavy atom. The van der Waals surface area contributed by atoms with Crippen molar-refractivity contribution in [3.8, 4) is 0 Å². The van der Waals surface area contributed by atoms with E-state index in [-0.39, 0.29) is 0 Å². The predicted molar refractivity (Wildman–Crippen MR) is 352 cm³/mol. The van der Waals surface area contributed by atoms with Gasteiger partial charge in [0.2, 0.25) is 0 Å². The highest BCUT2D eigenvalue weighted by Crippen LogP contribution is 2.16. The molecule has 9 nitrogen and oxygen atoms in total. The normalized spacial score (nSPS) is 20.7. The second-order valence-corrected chi connectivity index (χ2v) is 24.1. The van der Waals surface area contributed by atoms with Crippen LogP contribution >= 0.6 is 0 Å². The number of nitrogens with zero attached hydrogens (tertiary/aromatic N) is 3. The number of ether oxygens (including phenoxy) is 6. The van der Waals surface area contributed by atoms with Crippen LogP contribution in [0.15, 0.2) is 91.1 Å². The number of hydrogen-bond donors (Lipinski definition) is 0. The molecule has 0 atom stereocenters. The average Bonchev–Trinajstić information content (AvgIpc) is 3.59. The molecule has 0 saturated heterocycles. The van der Waals surface area contributed by atoms with Gasteiger partial charge in [0.1, 0.15) is 0 Å². The molecule has 1 aliphatic rings. The molecule has 84 heavy (non-hydrogen) atoms. The lowest BCUT2D eigenvalue weighted by atomic mass is 10.1. The van der Waals surface area contributed by atoms with Crippen LogP contribution in [0.5, 0.6) is 0 Å². The Morgan fingerprint density at radius 2 is 0.321 bits per heavy atom. The van der Waals surface area contributed by atoms with Crippen LogP contribution in [0.4, 0.5) is 0 Å². The summed E-state index contributed by atoms with van der Waals surface area (Å²) in [5.74, 6) is 0. The minimum Gasteiger partial charge on any atom is -0.375 e. The number of allylic oxidation sites excluding steroid dienone is 6. The Kier molecular flexibility index (Phi) is 49.6. The molecule has 0 radical (unpaired) electrons. The Balaban J connectivity index is 1.00. The molecule has 4 rings (SSSR count). The molecule has 0 unspecified atom stereocenters. The molecular weight excluding hydrogens is 1040 g/mol. The summed E-state index contributed by atoms with van der Waals surface area (Å²) in [5.41, 5.74) is 6.02. The summed E-state index contributed by atoms with van der Waals surface area (Å²) in [7, 11) is 0. The van der Waals surface area contributed by atoms with Crippen LogP contribution in [0.1, 0.15) is 304 Å². The Labute approximate surface area is 515 Å². The van der Waals surface area contributed by atoms with Crippen LogP contribution in [0, 0.1) is 0 Å². The molecule has 0 N–H and O–H groups in total. The molecule has 4 heterocycles. The van der Waals surface area contributed by atoms with Crippen LogP contribution in [0.3, 0.4) is 0 Å². The first-order valence-corrected chi connectivity index (χ1v) is 35.1.